The number of ether oxygens (including phenoxy) is 1. The first-order chi connectivity index (χ1) is 14.3. The molecule has 0 saturated carbocycles. The third kappa shape index (κ3) is 3.64. The quantitative estimate of drug-likeness (QED) is 0.578. The highest BCUT2D eigenvalue weighted by molar-refractivity contribution is 5.93. The van der Waals surface area contributed by atoms with Gasteiger partial charge in [-0.25, -0.2) is 4.98 Å². The molecule has 146 valence electrons. The number of aromatic nitrogens is 4. The Kier molecular flexibility index (Phi) is 4.79. The lowest BCUT2D eigenvalue weighted by Gasteiger charge is -2.26. The van der Waals surface area contributed by atoms with Crippen LogP contribution in [0, 0.1) is 6.92 Å². The molecule has 0 radical (unpaired) electrons. The highest BCUT2D eigenvalue weighted by atomic mass is 16.5. The van der Waals surface area contributed by atoms with E-state index in [0.717, 1.165) is 60.7 Å². The van der Waals surface area contributed by atoms with Crippen LogP contribution in [0.2, 0.25) is 0 Å². The molecule has 6 heteroatoms. The van der Waals surface area contributed by atoms with Gasteiger partial charge in [-0.1, -0.05) is 30.3 Å². The van der Waals surface area contributed by atoms with E-state index in [1.165, 1.54) is 16.7 Å². The third-order valence-electron chi connectivity index (χ3n) is 5.46. The van der Waals surface area contributed by atoms with Crippen LogP contribution in [0.25, 0.3) is 33.4 Å². The maximum atomic E-state index is 5.45. The summed E-state index contributed by atoms with van der Waals surface area (Å²) in [6.45, 7) is 6.78. The normalized spacial score (nSPS) is 15.1. The SMILES string of the molecule is Cc1cc(CN2CCOCC2)ccc1-c1cccc2ncc(-c3cn[nH]c3)nc12. The first-order valence-corrected chi connectivity index (χ1v) is 9.93. The second kappa shape index (κ2) is 7.73. The molecule has 2 aromatic carbocycles. The van der Waals surface area contributed by atoms with Crippen molar-refractivity contribution in [2.75, 3.05) is 26.3 Å². The van der Waals surface area contributed by atoms with E-state index in [1.54, 1.807) is 12.4 Å². The van der Waals surface area contributed by atoms with E-state index >= 15 is 0 Å². The summed E-state index contributed by atoms with van der Waals surface area (Å²) in [4.78, 5) is 12.0. The minimum absolute atomic E-state index is 0.820. The second-order valence-electron chi connectivity index (χ2n) is 7.45. The Hall–Kier alpha value is -3.09. The van der Waals surface area contributed by atoms with E-state index in [-0.39, 0.29) is 0 Å². The van der Waals surface area contributed by atoms with E-state index in [2.05, 4.69) is 51.3 Å². The van der Waals surface area contributed by atoms with Crippen LogP contribution in [-0.4, -0.2) is 51.4 Å². The predicted molar refractivity (Wildman–Crippen MR) is 113 cm³/mol. The van der Waals surface area contributed by atoms with Crippen LogP contribution in [-0.2, 0) is 11.3 Å². The lowest BCUT2D eigenvalue weighted by atomic mass is 9.97. The molecule has 4 aromatic rings. The van der Waals surface area contributed by atoms with Gasteiger partial charge in [-0.2, -0.15) is 5.10 Å². The van der Waals surface area contributed by atoms with Crippen molar-refractivity contribution in [1.29, 1.82) is 0 Å². The van der Waals surface area contributed by atoms with Crippen LogP contribution in [0.3, 0.4) is 0 Å². The zero-order chi connectivity index (χ0) is 19.6. The topological polar surface area (TPSA) is 66.9 Å². The van der Waals surface area contributed by atoms with Gasteiger partial charge in [0.1, 0.15) is 0 Å². The number of aromatic amines is 1. The van der Waals surface area contributed by atoms with Crippen molar-refractivity contribution in [2.45, 2.75) is 13.5 Å². The molecule has 0 spiro atoms. The number of hydrogen-bond acceptors (Lipinski definition) is 5. The smallest absolute Gasteiger partial charge is 0.0972 e. The molecule has 29 heavy (non-hydrogen) atoms. The maximum absolute atomic E-state index is 5.45. The molecule has 1 fully saturated rings. The van der Waals surface area contributed by atoms with Crippen molar-refractivity contribution in [1.82, 2.24) is 25.1 Å². The number of benzene rings is 2. The maximum Gasteiger partial charge on any atom is 0.0972 e. The number of aryl methyl sites for hydroxylation is 1. The Bertz CT molecular complexity index is 1130. The fourth-order valence-corrected chi connectivity index (χ4v) is 3.92. The van der Waals surface area contributed by atoms with Crippen molar-refractivity contribution < 1.29 is 4.74 Å². The lowest BCUT2D eigenvalue weighted by molar-refractivity contribution is 0.0342. The summed E-state index contributed by atoms with van der Waals surface area (Å²) >= 11 is 0. The minimum Gasteiger partial charge on any atom is -0.379 e. The average Bonchev–Trinajstić information content (AvgIpc) is 3.29. The van der Waals surface area contributed by atoms with Gasteiger partial charge in [0.15, 0.2) is 0 Å². The van der Waals surface area contributed by atoms with Gasteiger partial charge in [-0.05, 0) is 29.7 Å². The molecule has 0 atom stereocenters. The van der Waals surface area contributed by atoms with Gasteiger partial charge in [0, 0.05) is 37.0 Å². The van der Waals surface area contributed by atoms with Crippen LogP contribution in [0.15, 0.2) is 55.0 Å². The Morgan fingerprint density at radius 1 is 1.07 bits per heavy atom. The van der Waals surface area contributed by atoms with Gasteiger partial charge in [0.2, 0.25) is 0 Å². The molecule has 1 saturated heterocycles. The Balaban J connectivity index is 1.52. The fourth-order valence-electron chi connectivity index (χ4n) is 3.92. The van der Waals surface area contributed by atoms with Crippen LogP contribution in [0.4, 0.5) is 0 Å². The van der Waals surface area contributed by atoms with E-state index in [1.807, 2.05) is 18.3 Å². The van der Waals surface area contributed by atoms with Crippen LogP contribution in [0.1, 0.15) is 11.1 Å². The summed E-state index contributed by atoms with van der Waals surface area (Å²) in [6.07, 6.45) is 5.41. The number of morpholine rings is 1. The second-order valence-corrected chi connectivity index (χ2v) is 7.45. The highest BCUT2D eigenvalue weighted by Crippen LogP contribution is 2.31. The first-order valence-electron chi connectivity index (χ1n) is 9.93. The number of fused-ring (bicyclic) bond motifs is 1. The van der Waals surface area contributed by atoms with Gasteiger partial charge in [0.05, 0.1) is 42.3 Å². The monoisotopic (exact) mass is 385 g/mol. The molecule has 6 nitrogen and oxygen atoms in total. The summed E-state index contributed by atoms with van der Waals surface area (Å²) in [6, 6.07) is 12.9. The Morgan fingerprint density at radius 3 is 2.76 bits per heavy atom. The molecular weight excluding hydrogens is 362 g/mol. The molecule has 1 N–H and O–H groups in total. The number of hydrogen-bond donors (Lipinski definition) is 1. The summed E-state index contributed by atoms with van der Waals surface area (Å²) in [7, 11) is 0. The highest BCUT2D eigenvalue weighted by Gasteiger charge is 2.14. The largest absolute Gasteiger partial charge is 0.379 e. The molecule has 0 bridgehead atoms. The van der Waals surface area contributed by atoms with Gasteiger partial charge in [-0.3, -0.25) is 15.0 Å². The lowest BCUT2D eigenvalue weighted by Crippen LogP contribution is -2.35. The van der Waals surface area contributed by atoms with E-state index in [0.29, 0.717) is 0 Å². The third-order valence-corrected chi connectivity index (χ3v) is 5.46. The van der Waals surface area contributed by atoms with Crippen molar-refractivity contribution >= 4 is 11.0 Å². The van der Waals surface area contributed by atoms with Crippen molar-refractivity contribution in [2.24, 2.45) is 0 Å². The Labute approximate surface area is 169 Å². The van der Waals surface area contributed by atoms with Crippen molar-refractivity contribution in [3.63, 3.8) is 0 Å². The molecule has 0 unspecified atom stereocenters. The summed E-state index contributed by atoms with van der Waals surface area (Å²) in [5, 5.41) is 6.87. The summed E-state index contributed by atoms with van der Waals surface area (Å²) < 4.78 is 5.45. The number of rotatable bonds is 4. The molecule has 5 rings (SSSR count). The van der Waals surface area contributed by atoms with Crippen molar-refractivity contribution in [3.8, 4) is 22.4 Å². The molecule has 1 aliphatic rings. The zero-order valence-electron chi connectivity index (χ0n) is 16.4. The molecule has 2 aromatic heterocycles. The van der Waals surface area contributed by atoms with Crippen molar-refractivity contribution in [3.05, 3.63) is 66.1 Å². The molecule has 0 amide bonds. The van der Waals surface area contributed by atoms with Gasteiger partial charge < -0.3 is 4.74 Å². The number of nitrogens with one attached hydrogen (secondary N) is 1. The zero-order valence-corrected chi connectivity index (χ0v) is 16.4. The summed E-state index contributed by atoms with van der Waals surface area (Å²) in [5.74, 6) is 0. The van der Waals surface area contributed by atoms with Gasteiger partial charge in [0.25, 0.3) is 0 Å². The molecule has 0 aliphatic carbocycles. The van der Waals surface area contributed by atoms with Gasteiger partial charge >= 0.3 is 0 Å². The fraction of sp³-hybridized carbons (Fsp3) is 0.261. The first kappa shape index (κ1) is 18.0. The van der Waals surface area contributed by atoms with Crippen LogP contribution < -0.4 is 0 Å². The standard InChI is InChI=1S/C23H23N5O/c1-16-11-17(15-28-7-9-29-10-8-28)5-6-19(16)20-3-2-4-21-23(20)27-22(14-24-21)18-12-25-26-13-18/h2-6,11-14H,7-10,15H2,1H3,(H,25,26). The van der Waals surface area contributed by atoms with Gasteiger partial charge in [-0.15, -0.1) is 0 Å². The van der Waals surface area contributed by atoms with Crippen LogP contribution in [0.5, 0.6) is 0 Å². The molecule has 1 aliphatic heterocycles. The average molecular weight is 385 g/mol. The Morgan fingerprint density at radius 2 is 1.97 bits per heavy atom. The number of para-hydroxylation sites is 1. The molecule has 3 heterocycles. The summed E-state index contributed by atoms with van der Waals surface area (Å²) in [5.41, 5.74) is 8.45. The van der Waals surface area contributed by atoms with E-state index < -0.39 is 0 Å². The number of nitrogens with zero attached hydrogens (tertiary/aromatic N) is 4. The molecular formula is C23H23N5O. The number of H-pyrrole nitrogens is 1. The predicted octanol–water partition coefficient (Wildman–Crippen LogP) is 3.83. The minimum atomic E-state index is 0.820. The van der Waals surface area contributed by atoms with E-state index in [9.17, 15) is 0 Å². The van der Waals surface area contributed by atoms with Crippen LogP contribution >= 0.6 is 0 Å². The van der Waals surface area contributed by atoms with E-state index in [4.69, 9.17) is 9.72 Å².